The van der Waals surface area contributed by atoms with Crippen LogP contribution in [-0.2, 0) is 6.42 Å². The molecule has 3 aliphatic carbocycles. The number of nitrogens with zero attached hydrogens (tertiary/aromatic N) is 3. The van der Waals surface area contributed by atoms with Gasteiger partial charge in [0.1, 0.15) is 0 Å². The van der Waals surface area contributed by atoms with Gasteiger partial charge in [-0.1, -0.05) is 91.1 Å². The minimum Gasteiger partial charge on any atom is -0.278 e. The van der Waals surface area contributed by atoms with Gasteiger partial charge in [0.2, 0.25) is 5.96 Å². The van der Waals surface area contributed by atoms with E-state index < -0.39 is 0 Å². The van der Waals surface area contributed by atoms with Gasteiger partial charge in [-0.05, 0) is 77.6 Å². The number of thiophene rings is 1. The van der Waals surface area contributed by atoms with Gasteiger partial charge in [-0.15, -0.1) is 11.3 Å². The van der Waals surface area contributed by atoms with E-state index in [2.05, 4.69) is 120 Å². The maximum atomic E-state index is 5.36. The second kappa shape index (κ2) is 9.50. The first-order valence-electron chi connectivity index (χ1n) is 14.9. The van der Waals surface area contributed by atoms with Crippen molar-refractivity contribution in [2.75, 3.05) is 0 Å². The summed E-state index contributed by atoms with van der Waals surface area (Å²) in [7, 11) is 0. The molecule has 3 aromatic carbocycles. The molecule has 202 valence electrons. The molecule has 2 aromatic heterocycles. The lowest BCUT2D eigenvalue weighted by Crippen LogP contribution is -2.31. The lowest BCUT2D eigenvalue weighted by Gasteiger charge is -2.29. The molecule has 0 spiro atoms. The van der Waals surface area contributed by atoms with E-state index in [1.165, 1.54) is 53.5 Å². The fraction of sp³-hybridized carbons (Fsp3) is 0.158. The summed E-state index contributed by atoms with van der Waals surface area (Å²) in [6.45, 7) is 0. The number of allylic oxidation sites excluding steroid dienone is 7. The Bertz CT molecular complexity index is 2160. The summed E-state index contributed by atoms with van der Waals surface area (Å²) >= 11 is 1.95. The number of hydrogen-bond donors (Lipinski definition) is 0. The predicted octanol–water partition coefficient (Wildman–Crippen LogP) is 9.54. The minimum absolute atomic E-state index is 0.0996. The van der Waals surface area contributed by atoms with Gasteiger partial charge in [0.05, 0.1) is 22.8 Å². The molecule has 9 rings (SSSR count). The van der Waals surface area contributed by atoms with Crippen molar-refractivity contribution in [2.24, 2.45) is 15.9 Å². The van der Waals surface area contributed by atoms with Crippen molar-refractivity contribution in [1.82, 2.24) is 4.57 Å². The van der Waals surface area contributed by atoms with E-state index in [0.29, 0.717) is 0 Å². The van der Waals surface area contributed by atoms with Crippen LogP contribution in [0.5, 0.6) is 0 Å². The van der Waals surface area contributed by atoms with Gasteiger partial charge in [0.15, 0.2) is 0 Å². The SMILES string of the molecule is C1=CCC(C2=NC(n3c4ccccc4c4ccc(C5=Cc6c(sc7ccccc67)CC5)cc43)=NC3CC=CC=C23)C=C1. The van der Waals surface area contributed by atoms with Crippen LogP contribution in [0.25, 0.3) is 43.5 Å². The zero-order valence-corrected chi connectivity index (χ0v) is 24.0. The smallest absolute Gasteiger partial charge is 0.230 e. The summed E-state index contributed by atoms with van der Waals surface area (Å²) in [4.78, 5) is 12.2. The first kappa shape index (κ1) is 24.1. The van der Waals surface area contributed by atoms with Crippen molar-refractivity contribution in [3.63, 3.8) is 0 Å². The molecule has 0 saturated heterocycles. The Morgan fingerprint density at radius 1 is 0.786 bits per heavy atom. The first-order valence-corrected chi connectivity index (χ1v) is 15.8. The highest BCUT2D eigenvalue weighted by Gasteiger charge is 2.30. The summed E-state index contributed by atoms with van der Waals surface area (Å²) in [6, 6.07) is 24.6. The average molecular weight is 560 g/mol. The van der Waals surface area contributed by atoms with E-state index in [1.807, 2.05) is 11.3 Å². The molecule has 5 aromatic rings. The molecule has 1 aliphatic heterocycles. The number of benzene rings is 3. The van der Waals surface area contributed by atoms with Crippen LogP contribution in [0.1, 0.15) is 35.3 Å². The lowest BCUT2D eigenvalue weighted by atomic mass is 9.84. The largest absolute Gasteiger partial charge is 0.278 e. The van der Waals surface area contributed by atoms with Crippen LogP contribution in [0, 0.1) is 5.92 Å². The lowest BCUT2D eigenvalue weighted by molar-refractivity contribution is 0.760. The van der Waals surface area contributed by atoms with Crippen molar-refractivity contribution >= 4 is 66.5 Å². The Balaban J connectivity index is 1.23. The van der Waals surface area contributed by atoms with Crippen molar-refractivity contribution in [1.29, 1.82) is 0 Å². The molecule has 42 heavy (non-hydrogen) atoms. The van der Waals surface area contributed by atoms with Gasteiger partial charge in [0, 0.05) is 26.3 Å². The summed E-state index contributed by atoms with van der Waals surface area (Å²) < 4.78 is 3.70. The number of aliphatic imine (C=N–C) groups is 2. The molecule has 0 radical (unpaired) electrons. The third-order valence-corrected chi connectivity index (χ3v) is 10.4. The van der Waals surface area contributed by atoms with E-state index in [1.54, 1.807) is 0 Å². The Hall–Kier alpha value is -4.54. The quantitative estimate of drug-likeness (QED) is 0.206. The standard InChI is InChI=1S/C38H29N3S/c1-2-10-24(11-3-1)37-30-14-4-7-15-32(30)39-38(40-37)41-33-16-8-5-12-27(33)28-20-18-26(23-34(28)41)25-19-21-36-31(22-25)29-13-6-9-17-35(29)42-36/h1-10,12-14,16-18,20,22-24,32H,11,15,19,21H2. The topological polar surface area (TPSA) is 29.6 Å². The van der Waals surface area contributed by atoms with E-state index in [-0.39, 0.29) is 12.0 Å². The van der Waals surface area contributed by atoms with E-state index in [4.69, 9.17) is 9.98 Å². The summed E-state index contributed by atoms with van der Waals surface area (Å²) in [5.74, 6) is 1.07. The third kappa shape index (κ3) is 3.72. The average Bonchev–Trinajstić information content (AvgIpc) is 3.59. The number of aryl methyl sites for hydroxylation is 1. The Labute approximate surface area is 248 Å². The molecular weight excluding hydrogens is 531 g/mol. The third-order valence-electron chi connectivity index (χ3n) is 9.14. The fourth-order valence-electron chi connectivity index (χ4n) is 7.09. The van der Waals surface area contributed by atoms with Crippen LogP contribution in [0.4, 0.5) is 0 Å². The van der Waals surface area contributed by atoms with Gasteiger partial charge in [0.25, 0.3) is 0 Å². The highest BCUT2D eigenvalue weighted by atomic mass is 32.1. The molecule has 0 saturated carbocycles. The number of aromatic nitrogens is 1. The highest BCUT2D eigenvalue weighted by Crippen LogP contribution is 2.41. The monoisotopic (exact) mass is 559 g/mol. The van der Waals surface area contributed by atoms with Crippen LogP contribution < -0.4 is 0 Å². The van der Waals surface area contributed by atoms with E-state index in [0.717, 1.165) is 42.9 Å². The molecule has 4 heteroatoms. The van der Waals surface area contributed by atoms with Gasteiger partial charge in [-0.25, -0.2) is 9.98 Å². The molecule has 2 unspecified atom stereocenters. The van der Waals surface area contributed by atoms with Gasteiger partial charge in [-0.3, -0.25) is 4.57 Å². The van der Waals surface area contributed by atoms with Gasteiger partial charge >= 0.3 is 0 Å². The molecule has 0 fully saturated rings. The highest BCUT2D eigenvalue weighted by molar-refractivity contribution is 7.19. The van der Waals surface area contributed by atoms with Crippen molar-refractivity contribution < 1.29 is 0 Å². The molecule has 3 nitrogen and oxygen atoms in total. The maximum Gasteiger partial charge on any atom is 0.230 e. The number of rotatable bonds is 2. The second-order valence-electron chi connectivity index (χ2n) is 11.6. The molecular formula is C38H29N3S. The molecule has 0 N–H and O–H groups in total. The second-order valence-corrected chi connectivity index (χ2v) is 12.7. The van der Waals surface area contributed by atoms with Crippen molar-refractivity contribution in [3.05, 3.63) is 131 Å². The summed E-state index contributed by atoms with van der Waals surface area (Å²) in [5.41, 5.74) is 8.85. The van der Waals surface area contributed by atoms with E-state index in [9.17, 15) is 0 Å². The summed E-state index contributed by atoms with van der Waals surface area (Å²) in [5, 5.41) is 3.87. The maximum absolute atomic E-state index is 5.36. The van der Waals surface area contributed by atoms with Gasteiger partial charge in [-0.2, -0.15) is 0 Å². The Morgan fingerprint density at radius 3 is 2.57 bits per heavy atom. The molecule has 4 aliphatic rings. The fourth-order valence-corrected chi connectivity index (χ4v) is 8.28. The summed E-state index contributed by atoms with van der Waals surface area (Å²) in [6.07, 6.45) is 21.9. The van der Waals surface area contributed by atoms with Crippen LogP contribution >= 0.6 is 11.3 Å². The van der Waals surface area contributed by atoms with Gasteiger partial charge < -0.3 is 0 Å². The zero-order chi connectivity index (χ0) is 27.6. The zero-order valence-electron chi connectivity index (χ0n) is 23.2. The van der Waals surface area contributed by atoms with Crippen molar-refractivity contribution in [2.45, 2.75) is 31.7 Å². The van der Waals surface area contributed by atoms with Crippen molar-refractivity contribution in [3.8, 4) is 0 Å². The normalized spacial score (nSPS) is 21.2. The van der Waals surface area contributed by atoms with Crippen LogP contribution in [0.3, 0.4) is 0 Å². The van der Waals surface area contributed by atoms with E-state index >= 15 is 0 Å². The first-order chi connectivity index (χ1) is 20.8. The van der Waals surface area contributed by atoms with Crippen LogP contribution in [0.15, 0.2) is 125 Å². The Morgan fingerprint density at radius 2 is 1.64 bits per heavy atom. The molecule has 0 amide bonds. The molecule has 2 atom stereocenters. The predicted molar refractivity (Wildman–Crippen MR) is 180 cm³/mol. The molecule has 3 heterocycles. The number of fused-ring (bicyclic) bond motifs is 7. The Kier molecular flexibility index (Phi) is 5.45. The number of para-hydroxylation sites is 1. The minimum atomic E-state index is 0.0996. The number of hydrogen-bond acceptors (Lipinski definition) is 3. The molecule has 0 bridgehead atoms. The van der Waals surface area contributed by atoms with Crippen LogP contribution in [0.2, 0.25) is 0 Å². The van der Waals surface area contributed by atoms with Crippen LogP contribution in [-0.4, -0.2) is 22.3 Å².